The zero-order chi connectivity index (χ0) is 12.1. The molecular formula is C14H21NO. The van der Waals surface area contributed by atoms with Gasteiger partial charge in [0.25, 0.3) is 0 Å². The van der Waals surface area contributed by atoms with Crippen LogP contribution in [0.15, 0.2) is 36.2 Å². The van der Waals surface area contributed by atoms with Crippen molar-refractivity contribution in [3.63, 3.8) is 0 Å². The molecular weight excluding hydrogens is 198 g/mol. The summed E-state index contributed by atoms with van der Waals surface area (Å²) in [4.78, 5) is 10.9. The molecule has 0 spiro atoms. The number of hydrogen-bond donors (Lipinski definition) is 1. The maximum atomic E-state index is 10.9. The Morgan fingerprint density at radius 1 is 1.31 bits per heavy atom. The van der Waals surface area contributed by atoms with E-state index in [0.717, 1.165) is 42.4 Å². The van der Waals surface area contributed by atoms with E-state index in [9.17, 15) is 4.79 Å². The highest BCUT2D eigenvalue weighted by Crippen LogP contribution is 2.33. The summed E-state index contributed by atoms with van der Waals surface area (Å²) in [6.45, 7) is 11.9. The molecule has 0 aromatic heterocycles. The third-order valence-electron chi connectivity index (χ3n) is 3.34. The minimum Gasteiger partial charge on any atom is -0.365 e. The highest BCUT2D eigenvalue weighted by atomic mass is 16.1. The van der Waals surface area contributed by atoms with E-state index >= 15 is 0 Å². The Balaban J connectivity index is 2.55. The van der Waals surface area contributed by atoms with Gasteiger partial charge >= 0.3 is 0 Å². The molecule has 1 N–H and O–H groups in total. The normalized spacial score (nSPS) is 25.2. The van der Waals surface area contributed by atoms with Crippen LogP contribution in [0, 0.1) is 11.8 Å². The molecule has 2 heteroatoms. The third-order valence-corrected chi connectivity index (χ3v) is 3.34. The molecule has 2 atom stereocenters. The maximum Gasteiger partial charge on any atom is 0.123 e. The molecule has 0 aromatic carbocycles. The van der Waals surface area contributed by atoms with Gasteiger partial charge in [0.2, 0.25) is 0 Å². The van der Waals surface area contributed by atoms with Gasteiger partial charge in [-0.05, 0) is 32.3 Å². The Kier molecular flexibility index (Phi) is 4.53. The van der Waals surface area contributed by atoms with Gasteiger partial charge in [-0.15, -0.1) is 0 Å². The van der Waals surface area contributed by atoms with Crippen LogP contribution in [0.5, 0.6) is 0 Å². The number of hydrogen-bond acceptors (Lipinski definition) is 2. The number of allylic oxidation sites excluding steroid dienone is 3. The van der Waals surface area contributed by atoms with Crippen molar-refractivity contribution in [2.75, 3.05) is 0 Å². The number of carbonyl (C=O) groups excluding carboxylic acids is 1. The fourth-order valence-electron chi connectivity index (χ4n) is 2.02. The fourth-order valence-corrected chi connectivity index (χ4v) is 2.02. The average Bonchev–Trinajstić information content (AvgIpc) is 2.73. The summed E-state index contributed by atoms with van der Waals surface area (Å²) >= 11 is 0. The van der Waals surface area contributed by atoms with E-state index in [-0.39, 0.29) is 5.92 Å². The molecule has 1 saturated carbocycles. The van der Waals surface area contributed by atoms with E-state index in [1.165, 1.54) is 0 Å². The molecule has 16 heavy (non-hydrogen) atoms. The molecule has 2 nitrogen and oxygen atoms in total. The van der Waals surface area contributed by atoms with Crippen LogP contribution in [-0.2, 0) is 4.79 Å². The molecule has 0 saturated heterocycles. The molecule has 0 heterocycles. The second-order valence-electron chi connectivity index (χ2n) is 4.61. The van der Waals surface area contributed by atoms with Crippen molar-refractivity contribution in [1.82, 2.24) is 5.32 Å². The van der Waals surface area contributed by atoms with Gasteiger partial charge in [0.05, 0.1) is 0 Å². The van der Waals surface area contributed by atoms with Crippen molar-refractivity contribution in [2.45, 2.75) is 33.1 Å². The number of aldehydes is 1. The summed E-state index contributed by atoms with van der Waals surface area (Å²) in [5.74, 6) is 0.449. The van der Waals surface area contributed by atoms with Crippen LogP contribution in [0.1, 0.15) is 33.1 Å². The Hall–Kier alpha value is -1.31. The summed E-state index contributed by atoms with van der Waals surface area (Å²) in [6, 6.07) is 0. The second-order valence-corrected chi connectivity index (χ2v) is 4.61. The smallest absolute Gasteiger partial charge is 0.123 e. The predicted molar refractivity (Wildman–Crippen MR) is 67.7 cm³/mol. The van der Waals surface area contributed by atoms with E-state index in [2.05, 4.69) is 18.5 Å². The SMILES string of the molecule is C=C(C)/C(C)=C/NC(=C)C1CCCC1C=O. The largest absolute Gasteiger partial charge is 0.365 e. The molecule has 1 aliphatic rings. The van der Waals surface area contributed by atoms with E-state index in [1.54, 1.807) is 0 Å². The molecule has 1 fully saturated rings. The van der Waals surface area contributed by atoms with Crippen molar-refractivity contribution in [3.8, 4) is 0 Å². The van der Waals surface area contributed by atoms with Crippen LogP contribution >= 0.6 is 0 Å². The van der Waals surface area contributed by atoms with Crippen LogP contribution in [0.3, 0.4) is 0 Å². The molecule has 0 aromatic rings. The molecule has 0 aliphatic heterocycles. The van der Waals surface area contributed by atoms with Crippen molar-refractivity contribution >= 4 is 6.29 Å². The van der Waals surface area contributed by atoms with Crippen LogP contribution < -0.4 is 5.32 Å². The first kappa shape index (κ1) is 12.8. The van der Waals surface area contributed by atoms with Gasteiger partial charge < -0.3 is 10.1 Å². The zero-order valence-corrected chi connectivity index (χ0v) is 10.3. The Bertz CT molecular complexity index is 328. The number of carbonyl (C=O) groups is 1. The number of rotatable bonds is 5. The topological polar surface area (TPSA) is 29.1 Å². The third kappa shape index (κ3) is 3.09. The Morgan fingerprint density at radius 3 is 2.56 bits per heavy atom. The first-order valence-corrected chi connectivity index (χ1v) is 5.79. The summed E-state index contributed by atoms with van der Waals surface area (Å²) in [6.07, 6.45) is 6.18. The highest BCUT2D eigenvalue weighted by Gasteiger charge is 2.28. The minimum atomic E-state index is 0.151. The highest BCUT2D eigenvalue weighted by molar-refractivity contribution is 5.55. The summed E-state index contributed by atoms with van der Waals surface area (Å²) in [7, 11) is 0. The van der Waals surface area contributed by atoms with E-state index < -0.39 is 0 Å². The molecule has 88 valence electrons. The Morgan fingerprint density at radius 2 is 2.00 bits per heavy atom. The summed E-state index contributed by atoms with van der Waals surface area (Å²) in [5.41, 5.74) is 3.11. The molecule has 1 rings (SSSR count). The second kappa shape index (κ2) is 5.69. The first-order chi connectivity index (χ1) is 7.56. The van der Waals surface area contributed by atoms with Crippen molar-refractivity contribution < 1.29 is 4.79 Å². The van der Waals surface area contributed by atoms with Crippen LogP contribution in [0.2, 0.25) is 0 Å². The van der Waals surface area contributed by atoms with Gasteiger partial charge in [0.15, 0.2) is 0 Å². The van der Waals surface area contributed by atoms with Gasteiger partial charge in [-0.2, -0.15) is 0 Å². The van der Waals surface area contributed by atoms with E-state index in [4.69, 9.17) is 0 Å². The fraction of sp³-hybridized carbons (Fsp3) is 0.500. The lowest BCUT2D eigenvalue weighted by Gasteiger charge is -2.17. The molecule has 0 radical (unpaired) electrons. The van der Waals surface area contributed by atoms with Crippen molar-refractivity contribution in [3.05, 3.63) is 36.2 Å². The lowest BCUT2D eigenvalue weighted by Crippen LogP contribution is -2.19. The quantitative estimate of drug-likeness (QED) is 0.568. The van der Waals surface area contributed by atoms with E-state index in [1.807, 2.05) is 20.0 Å². The number of nitrogens with one attached hydrogen (secondary N) is 1. The van der Waals surface area contributed by atoms with Crippen molar-refractivity contribution in [1.29, 1.82) is 0 Å². The van der Waals surface area contributed by atoms with Gasteiger partial charge in [0, 0.05) is 23.7 Å². The maximum absolute atomic E-state index is 10.9. The van der Waals surface area contributed by atoms with Gasteiger partial charge in [-0.25, -0.2) is 0 Å². The van der Waals surface area contributed by atoms with Crippen LogP contribution in [0.25, 0.3) is 0 Å². The zero-order valence-electron chi connectivity index (χ0n) is 10.3. The average molecular weight is 219 g/mol. The van der Waals surface area contributed by atoms with E-state index in [0.29, 0.717) is 5.92 Å². The summed E-state index contributed by atoms with van der Waals surface area (Å²) < 4.78 is 0. The molecule has 2 unspecified atom stereocenters. The first-order valence-electron chi connectivity index (χ1n) is 5.79. The predicted octanol–water partition coefficient (Wildman–Crippen LogP) is 3.18. The monoisotopic (exact) mass is 219 g/mol. The van der Waals surface area contributed by atoms with Gasteiger partial charge in [-0.3, -0.25) is 0 Å². The lowest BCUT2D eigenvalue weighted by atomic mass is 9.95. The Labute approximate surface area is 98.1 Å². The molecule has 0 bridgehead atoms. The van der Waals surface area contributed by atoms with Crippen LogP contribution in [-0.4, -0.2) is 6.29 Å². The lowest BCUT2D eigenvalue weighted by molar-refractivity contribution is -0.111. The summed E-state index contributed by atoms with van der Waals surface area (Å²) in [5, 5.41) is 3.19. The molecule has 1 aliphatic carbocycles. The van der Waals surface area contributed by atoms with Crippen molar-refractivity contribution in [2.24, 2.45) is 11.8 Å². The molecule has 0 amide bonds. The van der Waals surface area contributed by atoms with Gasteiger partial charge in [-0.1, -0.05) is 25.2 Å². The standard InChI is InChI=1S/C14H21NO/c1-10(2)11(3)8-15-12(4)14-7-5-6-13(14)9-16/h8-9,13-15H,1,4-7H2,2-3H3/b11-8+. The van der Waals surface area contributed by atoms with Crippen LogP contribution in [0.4, 0.5) is 0 Å². The van der Waals surface area contributed by atoms with Gasteiger partial charge in [0.1, 0.15) is 6.29 Å². The minimum absolute atomic E-state index is 0.151.